The monoisotopic (exact) mass is 200 g/mol. The van der Waals surface area contributed by atoms with Crippen LogP contribution in [0.1, 0.15) is 26.7 Å². The third-order valence-corrected chi connectivity index (χ3v) is 3.26. The summed E-state index contributed by atoms with van der Waals surface area (Å²) in [5.74, 6) is 0.736. The molecule has 0 aromatic rings. The fourth-order valence-electron chi connectivity index (χ4n) is 1.93. The minimum atomic E-state index is -0.0171. The maximum atomic E-state index is 6.27. The zero-order valence-electron chi connectivity index (χ0n) is 9.92. The Kier molecular flexibility index (Phi) is 3.93. The molecule has 0 spiro atoms. The third kappa shape index (κ3) is 3.23. The van der Waals surface area contributed by atoms with Gasteiger partial charge in [-0.1, -0.05) is 0 Å². The van der Waals surface area contributed by atoms with Crippen LogP contribution in [0.2, 0.25) is 0 Å². The van der Waals surface area contributed by atoms with Gasteiger partial charge < -0.3 is 10.5 Å². The van der Waals surface area contributed by atoms with Crippen molar-refractivity contribution in [2.75, 3.05) is 27.3 Å². The highest BCUT2D eigenvalue weighted by Crippen LogP contribution is 2.38. The Bertz CT molecular complexity index is 178. The first-order valence-corrected chi connectivity index (χ1v) is 5.45. The van der Waals surface area contributed by atoms with Crippen LogP contribution in [0.3, 0.4) is 0 Å². The first-order valence-electron chi connectivity index (χ1n) is 5.45. The lowest BCUT2D eigenvalue weighted by atomic mass is 9.96. The zero-order valence-corrected chi connectivity index (χ0v) is 9.92. The van der Waals surface area contributed by atoms with Gasteiger partial charge in [-0.05, 0) is 39.7 Å². The second kappa shape index (κ2) is 4.60. The van der Waals surface area contributed by atoms with Crippen LogP contribution >= 0.6 is 0 Å². The van der Waals surface area contributed by atoms with Crippen molar-refractivity contribution in [2.45, 2.75) is 38.3 Å². The molecule has 0 saturated heterocycles. The molecule has 1 aliphatic rings. The van der Waals surface area contributed by atoms with Gasteiger partial charge in [0.15, 0.2) is 0 Å². The Hall–Kier alpha value is -0.120. The SMILES string of the molecule is COCC(C)N(C)CC(C)(N)C1CC1. The lowest BCUT2D eigenvalue weighted by Crippen LogP contribution is -2.51. The Balaban J connectivity index is 2.34. The molecule has 3 heteroatoms. The Morgan fingerprint density at radius 1 is 1.57 bits per heavy atom. The van der Waals surface area contributed by atoms with Crippen LogP contribution in [0.4, 0.5) is 0 Å². The smallest absolute Gasteiger partial charge is 0.0615 e. The van der Waals surface area contributed by atoms with Crippen molar-refractivity contribution in [1.29, 1.82) is 0 Å². The van der Waals surface area contributed by atoms with E-state index in [4.69, 9.17) is 10.5 Å². The number of rotatable bonds is 6. The van der Waals surface area contributed by atoms with E-state index in [2.05, 4.69) is 25.8 Å². The number of hydrogen-bond acceptors (Lipinski definition) is 3. The summed E-state index contributed by atoms with van der Waals surface area (Å²) in [6.45, 7) is 6.08. The molecule has 2 atom stereocenters. The van der Waals surface area contributed by atoms with Gasteiger partial charge in [-0.15, -0.1) is 0 Å². The van der Waals surface area contributed by atoms with Crippen molar-refractivity contribution in [3.8, 4) is 0 Å². The van der Waals surface area contributed by atoms with Crippen molar-refractivity contribution < 1.29 is 4.74 Å². The molecule has 2 unspecified atom stereocenters. The van der Waals surface area contributed by atoms with Gasteiger partial charge >= 0.3 is 0 Å². The summed E-state index contributed by atoms with van der Waals surface area (Å²) >= 11 is 0. The molecule has 0 amide bonds. The van der Waals surface area contributed by atoms with E-state index < -0.39 is 0 Å². The molecule has 84 valence electrons. The quantitative estimate of drug-likeness (QED) is 0.697. The molecule has 0 bridgehead atoms. The number of nitrogens with zero attached hydrogens (tertiary/aromatic N) is 1. The summed E-state index contributed by atoms with van der Waals surface area (Å²) in [5.41, 5.74) is 6.26. The summed E-state index contributed by atoms with van der Waals surface area (Å²) in [5, 5.41) is 0. The van der Waals surface area contributed by atoms with Crippen LogP contribution in [0.5, 0.6) is 0 Å². The van der Waals surface area contributed by atoms with E-state index in [0.717, 1.165) is 19.1 Å². The van der Waals surface area contributed by atoms with Crippen LogP contribution < -0.4 is 5.73 Å². The molecule has 1 rings (SSSR count). The van der Waals surface area contributed by atoms with Gasteiger partial charge in [-0.25, -0.2) is 0 Å². The largest absolute Gasteiger partial charge is 0.383 e. The molecule has 1 saturated carbocycles. The van der Waals surface area contributed by atoms with Gasteiger partial charge in [0.25, 0.3) is 0 Å². The lowest BCUT2D eigenvalue weighted by Gasteiger charge is -2.33. The van der Waals surface area contributed by atoms with E-state index in [1.165, 1.54) is 12.8 Å². The van der Waals surface area contributed by atoms with Crippen LogP contribution in [-0.4, -0.2) is 43.8 Å². The van der Waals surface area contributed by atoms with Gasteiger partial charge in [0, 0.05) is 25.2 Å². The molecule has 0 aromatic carbocycles. The van der Waals surface area contributed by atoms with Crippen LogP contribution in [0.25, 0.3) is 0 Å². The fourth-order valence-corrected chi connectivity index (χ4v) is 1.93. The summed E-state index contributed by atoms with van der Waals surface area (Å²) in [6, 6.07) is 0.446. The number of hydrogen-bond donors (Lipinski definition) is 1. The number of nitrogens with two attached hydrogens (primary N) is 1. The van der Waals surface area contributed by atoms with Gasteiger partial charge in [0.2, 0.25) is 0 Å². The number of likely N-dealkylation sites (N-methyl/N-ethyl adjacent to an activating group) is 1. The van der Waals surface area contributed by atoms with E-state index in [0.29, 0.717) is 6.04 Å². The normalized spacial score (nSPS) is 23.6. The lowest BCUT2D eigenvalue weighted by molar-refractivity contribution is 0.0992. The summed E-state index contributed by atoms with van der Waals surface area (Å²) in [4.78, 5) is 2.29. The Morgan fingerprint density at radius 2 is 2.14 bits per heavy atom. The molecule has 0 heterocycles. The van der Waals surface area contributed by atoms with E-state index in [1.54, 1.807) is 7.11 Å². The molecular formula is C11H24N2O. The minimum absolute atomic E-state index is 0.0171. The second-order valence-electron chi connectivity index (χ2n) is 5.00. The fraction of sp³-hybridized carbons (Fsp3) is 1.00. The highest BCUT2D eigenvalue weighted by Gasteiger charge is 2.39. The van der Waals surface area contributed by atoms with Crippen LogP contribution in [-0.2, 0) is 4.74 Å². The molecule has 1 aliphatic carbocycles. The van der Waals surface area contributed by atoms with Gasteiger partial charge in [-0.2, -0.15) is 0 Å². The highest BCUT2D eigenvalue weighted by atomic mass is 16.5. The predicted octanol–water partition coefficient (Wildman–Crippen LogP) is 1.08. The molecule has 2 N–H and O–H groups in total. The number of ether oxygens (including phenoxy) is 1. The standard InChI is InChI=1S/C11H24N2O/c1-9(7-14-4)13(3)8-11(2,12)10-5-6-10/h9-10H,5-8,12H2,1-4H3. The minimum Gasteiger partial charge on any atom is -0.383 e. The summed E-state index contributed by atoms with van der Waals surface area (Å²) < 4.78 is 5.13. The number of methoxy groups -OCH3 is 1. The van der Waals surface area contributed by atoms with E-state index in [-0.39, 0.29) is 5.54 Å². The third-order valence-electron chi connectivity index (χ3n) is 3.26. The zero-order chi connectivity index (χ0) is 10.8. The molecule has 14 heavy (non-hydrogen) atoms. The molecule has 1 fully saturated rings. The van der Waals surface area contributed by atoms with Crippen molar-refractivity contribution in [3.63, 3.8) is 0 Å². The molecule has 0 radical (unpaired) electrons. The maximum absolute atomic E-state index is 6.27. The second-order valence-corrected chi connectivity index (χ2v) is 5.00. The average molecular weight is 200 g/mol. The van der Waals surface area contributed by atoms with Crippen LogP contribution in [0, 0.1) is 5.92 Å². The van der Waals surface area contributed by atoms with Crippen molar-refractivity contribution in [2.24, 2.45) is 11.7 Å². The van der Waals surface area contributed by atoms with Crippen LogP contribution in [0.15, 0.2) is 0 Å². The maximum Gasteiger partial charge on any atom is 0.0615 e. The van der Waals surface area contributed by atoms with E-state index >= 15 is 0 Å². The first-order chi connectivity index (χ1) is 6.47. The molecule has 0 aromatic heterocycles. The topological polar surface area (TPSA) is 38.5 Å². The van der Waals surface area contributed by atoms with E-state index in [9.17, 15) is 0 Å². The average Bonchev–Trinajstić information content (AvgIpc) is 2.85. The molecule has 0 aliphatic heterocycles. The molecule has 3 nitrogen and oxygen atoms in total. The van der Waals surface area contributed by atoms with Gasteiger partial charge in [0.1, 0.15) is 0 Å². The van der Waals surface area contributed by atoms with E-state index in [1.807, 2.05) is 0 Å². The Morgan fingerprint density at radius 3 is 2.57 bits per heavy atom. The highest BCUT2D eigenvalue weighted by molar-refractivity contribution is 4.97. The van der Waals surface area contributed by atoms with Crippen molar-refractivity contribution in [3.05, 3.63) is 0 Å². The van der Waals surface area contributed by atoms with Gasteiger partial charge in [0.05, 0.1) is 6.61 Å². The Labute approximate surface area is 87.6 Å². The summed E-state index contributed by atoms with van der Waals surface area (Å²) in [7, 11) is 3.87. The van der Waals surface area contributed by atoms with Crippen molar-refractivity contribution >= 4 is 0 Å². The predicted molar refractivity (Wildman–Crippen MR) is 59.3 cm³/mol. The molecular weight excluding hydrogens is 176 g/mol. The van der Waals surface area contributed by atoms with Gasteiger partial charge in [-0.3, -0.25) is 4.90 Å². The first kappa shape index (κ1) is 12.0. The summed E-state index contributed by atoms with van der Waals surface area (Å²) in [6.07, 6.45) is 2.61. The van der Waals surface area contributed by atoms with Crippen molar-refractivity contribution in [1.82, 2.24) is 4.90 Å².